The Morgan fingerprint density at radius 3 is 2.79 bits per heavy atom. The highest BCUT2D eigenvalue weighted by molar-refractivity contribution is 5.97. The van der Waals surface area contributed by atoms with Crippen molar-refractivity contribution in [3.05, 3.63) is 39.9 Å². The second kappa shape index (κ2) is 8.66. The first kappa shape index (κ1) is 20.1. The Bertz CT molecular complexity index is 942. The van der Waals surface area contributed by atoms with Gasteiger partial charge in [0.1, 0.15) is 5.82 Å². The van der Waals surface area contributed by atoms with Gasteiger partial charge in [-0.1, -0.05) is 13.8 Å². The predicted molar refractivity (Wildman–Crippen MR) is 115 cm³/mol. The average molecular weight is 397 g/mol. The van der Waals surface area contributed by atoms with Crippen molar-refractivity contribution < 1.29 is 4.79 Å². The van der Waals surface area contributed by atoms with Crippen molar-refractivity contribution in [3.63, 3.8) is 0 Å². The fourth-order valence-electron chi connectivity index (χ4n) is 4.96. The highest BCUT2D eigenvalue weighted by Crippen LogP contribution is 2.21. The van der Waals surface area contributed by atoms with Gasteiger partial charge in [0.25, 0.3) is 11.5 Å². The number of nitrogens with zero attached hydrogens (tertiary/aromatic N) is 3. The van der Waals surface area contributed by atoms with Crippen molar-refractivity contribution in [3.8, 4) is 0 Å². The predicted octanol–water partition coefficient (Wildman–Crippen LogP) is 2.83. The van der Waals surface area contributed by atoms with Gasteiger partial charge >= 0.3 is 0 Å². The number of piperidine rings is 1. The second-order valence-corrected chi connectivity index (χ2v) is 8.99. The van der Waals surface area contributed by atoms with Crippen LogP contribution in [-0.4, -0.2) is 46.5 Å². The fraction of sp³-hybridized carbons (Fsp3) is 0.609. The SMILES string of the molecule is C[C@H]1C[C@H](C)CN(CCCNC(=O)c2ccc3c(=O)n4c(nc3c2)CCCC4)C1. The van der Waals surface area contributed by atoms with Crippen LogP contribution in [0.1, 0.15) is 55.7 Å². The minimum absolute atomic E-state index is 0.0154. The Morgan fingerprint density at radius 2 is 2.00 bits per heavy atom. The number of benzene rings is 1. The Morgan fingerprint density at radius 1 is 1.21 bits per heavy atom. The molecule has 1 amide bonds. The third-order valence-corrected chi connectivity index (χ3v) is 6.21. The summed E-state index contributed by atoms with van der Waals surface area (Å²) < 4.78 is 1.79. The summed E-state index contributed by atoms with van der Waals surface area (Å²) in [5.41, 5.74) is 1.22. The lowest BCUT2D eigenvalue weighted by molar-refractivity contribution is 0.0947. The van der Waals surface area contributed by atoms with Gasteiger partial charge < -0.3 is 10.2 Å². The largest absolute Gasteiger partial charge is 0.352 e. The number of likely N-dealkylation sites (tertiary alicyclic amines) is 1. The average Bonchev–Trinajstić information content (AvgIpc) is 2.70. The van der Waals surface area contributed by atoms with E-state index in [0.29, 0.717) is 23.0 Å². The smallest absolute Gasteiger partial charge is 0.261 e. The van der Waals surface area contributed by atoms with Crippen LogP contribution in [0.3, 0.4) is 0 Å². The summed E-state index contributed by atoms with van der Waals surface area (Å²) in [6.45, 7) is 9.40. The first-order valence-corrected chi connectivity index (χ1v) is 11.1. The molecule has 0 unspecified atom stereocenters. The van der Waals surface area contributed by atoms with E-state index in [0.717, 1.165) is 69.5 Å². The third kappa shape index (κ3) is 4.53. The molecule has 1 fully saturated rings. The van der Waals surface area contributed by atoms with E-state index in [4.69, 9.17) is 0 Å². The van der Waals surface area contributed by atoms with Crippen molar-refractivity contribution in [2.45, 2.75) is 52.5 Å². The van der Waals surface area contributed by atoms with E-state index in [1.165, 1.54) is 6.42 Å². The Balaban J connectivity index is 1.37. The van der Waals surface area contributed by atoms with Gasteiger partial charge in [-0.2, -0.15) is 0 Å². The van der Waals surface area contributed by atoms with Crippen molar-refractivity contribution in [2.75, 3.05) is 26.2 Å². The Kier molecular flexibility index (Phi) is 5.99. The van der Waals surface area contributed by atoms with E-state index in [9.17, 15) is 9.59 Å². The summed E-state index contributed by atoms with van der Waals surface area (Å²) in [7, 11) is 0. The summed E-state index contributed by atoms with van der Waals surface area (Å²) in [6, 6.07) is 5.25. The van der Waals surface area contributed by atoms with Crippen LogP contribution in [0.2, 0.25) is 0 Å². The molecule has 0 radical (unpaired) electrons. The first-order chi connectivity index (χ1) is 14.0. The van der Waals surface area contributed by atoms with Gasteiger partial charge in [0.05, 0.1) is 10.9 Å². The molecule has 6 nitrogen and oxygen atoms in total. The van der Waals surface area contributed by atoms with Crippen LogP contribution in [0.15, 0.2) is 23.0 Å². The second-order valence-electron chi connectivity index (χ2n) is 8.99. The molecule has 1 saturated heterocycles. The molecule has 1 N–H and O–H groups in total. The minimum Gasteiger partial charge on any atom is -0.352 e. The fourth-order valence-corrected chi connectivity index (χ4v) is 4.96. The van der Waals surface area contributed by atoms with Gasteiger partial charge in [-0.3, -0.25) is 14.2 Å². The topological polar surface area (TPSA) is 67.2 Å². The number of nitrogens with one attached hydrogen (secondary N) is 1. The van der Waals surface area contributed by atoms with E-state index >= 15 is 0 Å². The van der Waals surface area contributed by atoms with Gasteiger partial charge in [0.2, 0.25) is 0 Å². The molecule has 6 heteroatoms. The minimum atomic E-state index is -0.0908. The number of amides is 1. The summed E-state index contributed by atoms with van der Waals surface area (Å²) in [5.74, 6) is 2.27. The third-order valence-electron chi connectivity index (χ3n) is 6.21. The quantitative estimate of drug-likeness (QED) is 0.789. The number of hydrogen-bond donors (Lipinski definition) is 1. The standard InChI is InChI=1S/C23H32N4O2/c1-16-12-17(2)15-26(14-16)10-5-9-24-22(28)18-7-8-19-20(13-18)25-21-6-3-4-11-27(21)23(19)29/h7-8,13,16-17H,3-6,9-12,14-15H2,1-2H3,(H,24,28)/t16-,17-/m0/s1. The maximum atomic E-state index is 12.7. The molecule has 1 aromatic heterocycles. The molecule has 29 heavy (non-hydrogen) atoms. The van der Waals surface area contributed by atoms with E-state index in [-0.39, 0.29) is 11.5 Å². The number of fused-ring (bicyclic) bond motifs is 2. The molecule has 0 spiro atoms. The van der Waals surface area contributed by atoms with E-state index in [1.807, 2.05) is 0 Å². The molecule has 0 saturated carbocycles. The Labute approximate surface area is 172 Å². The van der Waals surface area contributed by atoms with Gasteiger partial charge in [-0.15, -0.1) is 0 Å². The van der Waals surface area contributed by atoms with Gasteiger partial charge in [0.15, 0.2) is 0 Å². The molecule has 3 heterocycles. The van der Waals surface area contributed by atoms with E-state index < -0.39 is 0 Å². The van der Waals surface area contributed by atoms with Crippen LogP contribution < -0.4 is 10.9 Å². The lowest BCUT2D eigenvalue weighted by atomic mass is 9.92. The van der Waals surface area contributed by atoms with Crippen LogP contribution in [0, 0.1) is 11.8 Å². The summed E-state index contributed by atoms with van der Waals surface area (Å²) in [4.78, 5) is 32.4. The summed E-state index contributed by atoms with van der Waals surface area (Å²) in [6.07, 6.45) is 5.18. The number of hydrogen-bond acceptors (Lipinski definition) is 4. The molecular weight excluding hydrogens is 364 g/mol. The number of aromatic nitrogens is 2. The van der Waals surface area contributed by atoms with Crippen molar-refractivity contribution in [2.24, 2.45) is 11.8 Å². The van der Waals surface area contributed by atoms with Crippen molar-refractivity contribution in [1.82, 2.24) is 19.8 Å². The number of carbonyl (C=O) groups excluding carboxylic acids is 1. The lowest BCUT2D eigenvalue weighted by Gasteiger charge is -2.34. The molecule has 1 aromatic carbocycles. The molecule has 156 valence electrons. The highest BCUT2D eigenvalue weighted by Gasteiger charge is 2.21. The molecule has 2 aliphatic heterocycles. The van der Waals surface area contributed by atoms with Crippen LogP contribution in [0.25, 0.3) is 10.9 Å². The zero-order chi connectivity index (χ0) is 20.4. The van der Waals surface area contributed by atoms with Gasteiger partial charge in [-0.05, 0) is 62.3 Å². The van der Waals surface area contributed by atoms with Crippen molar-refractivity contribution in [1.29, 1.82) is 0 Å². The normalized spacial score (nSPS) is 22.4. The van der Waals surface area contributed by atoms with Crippen LogP contribution in [0.5, 0.6) is 0 Å². The lowest BCUT2D eigenvalue weighted by Crippen LogP contribution is -2.40. The maximum absolute atomic E-state index is 12.7. The molecule has 4 rings (SSSR count). The molecule has 2 aliphatic rings. The number of carbonyl (C=O) groups is 1. The van der Waals surface area contributed by atoms with Crippen LogP contribution in [0.4, 0.5) is 0 Å². The molecule has 0 bridgehead atoms. The van der Waals surface area contributed by atoms with E-state index in [1.54, 1.807) is 22.8 Å². The maximum Gasteiger partial charge on any atom is 0.261 e. The summed E-state index contributed by atoms with van der Waals surface area (Å²) >= 11 is 0. The van der Waals surface area contributed by atoms with Crippen LogP contribution >= 0.6 is 0 Å². The monoisotopic (exact) mass is 396 g/mol. The molecule has 2 atom stereocenters. The van der Waals surface area contributed by atoms with Crippen LogP contribution in [-0.2, 0) is 13.0 Å². The highest BCUT2D eigenvalue weighted by atomic mass is 16.1. The Hall–Kier alpha value is -2.21. The van der Waals surface area contributed by atoms with Gasteiger partial charge in [0, 0.05) is 38.2 Å². The summed E-state index contributed by atoms with van der Waals surface area (Å²) in [5, 5.41) is 3.62. The zero-order valence-electron chi connectivity index (χ0n) is 17.6. The first-order valence-electron chi connectivity index (χ1n) is 11.1. The molecule has 2 aromatic rings. The number of aryl methyl sites for hydroxylation is 1. The number of rotatable bonds is 5. The van der Waals surface area contributed by atoms with Gasteiger partial charge in [-0.25, -0.2) is 4.98 Å². The zero-order valence-corrected chi connectivity index (χ0v) is 17.6. The molecule has 0 aliphatic carbocycles. The van der Waals surface area contributed by atoms with E-state index in [2.05, 4.69) is 29.0 Å². The van der Waals surface area contributed by atoms with Crippen molar-refractivity contribution >= 4 is 16.8 Å². The molecular formula is C23H32N4O2.